The van der Waals surface area contributed by atoms with Crippen LogP contribution in [0, 0.1) is 0 Å². The molecule has 1 amide bonds. The van der Waals surface area contributed by atoms with Crippen LogP contribution in [0.25, 0.3) is 10.9 Å². The van der Waals surface area contributed by atoms with E-state index in [-0.39, 0.29) is 17.1 Å². The predicted octanol–water partition coefficient (Wildman–Crippen LogP) is 2.26. The maximum atomic E-state index is 12.6. The van der Waals surface area contributed by atoms with Crippen LogP contribution in [0.5, 0.6) is 11.5 Å². The zero-order valence-electron chi connectivity index (χ0n) is 13.5. The van der Waals surface area contributed by atoms with Crippen LogP contribution < -0.4 is 10.6 Å². The average Bonchev–Trinajstić information content (AvgIpc) is 2.77. The fourth-order valence-electron chi connectivity index (χ4n) is 3.33. The molecule has 1 aromatic carbocycles. The van der Waals surface area contributed by atoms with Gasteiger partial charge in [0, 0.05) is 29.9 Å². The highest BCUT2D eigenvalue weighted by Crippen LogP contribution is 2.39. The van der Waals surface area contributed by atoms with Gasteiger partial charge in [-0.1, -0.05) is 0 Å². The Bertz CT molecular complexity index is 950. The molecule has 0 spiro atoms. The smallest absolute Gasteiger partial charge is 0.263 e. The van der Waals surface area contributed by atoms with E-state index in [2.05, 4.69) is 20.6 Å². The summed E-state index contributed by atoms with van der Waals surface area (Å²) >= 11 is 0. The van der Waals surface area contributed by atoms with Crippen LogP contribution in [0.1, 0.15) is 28.0 Å². The Morgan fingerprint density at radius 2 is 2.20 bits per heavy atom. The lowest BCUT2D eigenvalue weighted by Gasteiger charge is -2.10. The molecule has 0 fully saturated rings. The second kappa shape index (κ2) is 6.10. The standard InChI is InChI=1S/C18H18N4O3/c23-14-7-12-15(11-4-2-6-20-9-13(11)22-12)17(24)16(14)18(25)21-10-3-1-5-19-8-10/h1,3,5,7-8,20,22-24H,2,4,6,9H2,(H,21,25). The number of phenolic OH excluding ortho intramolecular Hbond substituents is 2. The summed E-state index contributed by atoms with van der Waals surface area (Å²) in [5.41, 5.74) is 2.96. The number of aryl methyl sites for hydroxylation is 1. The highest BCUT2D eigenvalue weighted by molar-refractivity contribution is 6.12. The summed E-state index contributed by atoms with van der Waals surface area (Å²) < 4.78 is 0. The fourth-order valence-corrected chi connectivity index (χ4v) is 3.33. The second-order valence-electron chi connectivity index (χ2n) is 6.10. The highest BCUT2D eigenvalue weighted by Gasteiger charge is 2.24. The van der Waals surface area contributed by atoms with Gasteiger partial charge in [0.25, 0.3) is 5.91 Å². The van der Waals surface area contributed by atoms with Gasteiger partial charge in [0.15, 0.2) is 0 Å². The Hall–Kier alpha value is -3.06. The number of aromatic nitrogens is 2. The molecule has 3 heterocycles. The van der Waals surface area contributed by atoms with Crippen molar-refractivity contribution in [3.8, 4) is 11.5 Å². The van der Waals surface area contributed by atoms with Gasteiger partial charge in [-0.3, -0.25) is 9.78 Å². The van der Waals surface area contributed by atoms with E-state index in [1.165, 1.54) is 12.3 Å². The van der Waals surface area contributed by atoms with E-state index in [0.29, 0.717) is 23.1 Å². The van der Waals surface area contributed by atoms with Gasteiger partial charge in [-0.15, -0.1) is 0 Å². The van der Waals surface area contributed by atoms with Gasteiger partial charge in [0.1, 0.15) is 17.1 Å². The summed E-state index contributed by atoms with van der Waals surface area (Å²) in [7, 11) is 0. The molecule has 5 N–H and O–H groups in total. The first-order valence-electron chi connectivity index (χ1n) is 8.15. The van der Waals surface area contributed by atoms with Crippen LogP contribution in [-0.4, -0.2) is 32.6 Å². The lowest BCUT2D eigenvalue weighted by molar-refractivity contribution is 0.102. The molecule has 0 saturated heterocycles. The molecule has 1 aliphatic heterocycles. The number of aromatic hydroxyl groups is 2. The third-order valence-electron chi connectivity index (χ3n) is 4.46. The van der Waals surface area contributed by atoms with E-state index in [1.54, 1.807) is 18.3 Å². The van der Waals surface area contributed by atoms with Crippen LogP contribution in [0.15, 0.2) is 30.6 Å². The van der Waals surface area contributed by atoms with Gasteiger partial charge >= 0.3 is 0 Å². The second-order valence-corrected chi connectivity index (χ2v) is 6.10. The van der Waals surface area contributed by atoms with Gasteiger partial charge in [-0.05, 0) is 37.1 Å². The first kappa shape index (κ1) is 15.5. The molecular formula is C18H18N4O3. The number of H-pyrrole nitrogens is 1. The number of phenols is 2. The van der Waals surface area contributed by atoms with Crippen molar-refractivity contribution in [3.05, 3.63) is 47.4 Å². The van der Waals surface area contributed by atoms with Gasteiger partial charge in [0.2, 0.25) is 0 Å². The molecule has 0 atom stereocenters. The normalized spacial score (nSPS) is 14.1. The minimum atomic E-state index is -0.577. The Balaban J connectivity index is 1.81. The van der Waals surface area contributed by atoms with Crippen LogP contribution in [0.3, 0.4) is 0 Å². The number of carbonyl (C=O) groups excluding carboxylic acids is 1. The van der Waals surface area contributed by atoms with Crippen LogP contribution in [0.4, 0.5) is 5.69 Å². The number of carbonyl (C=O) groups is 1. The summed E-state index contributed by atoms with van der Waals surface area (Å²) in [6, 6.07) is 4.87. The summed E-state index contributed by atoms with van der Waals surface area (Å²) in [6.45, 7) is 1.57. The molecule has 0 radical (unpaired) electrons. The molecule has 0 aliphatic carbocycles. The van der Waals surface area contributed by atoms with Crippen LogP contribution in [-0.2, 0) is 13.0 Å². The third-order valence-corrected chi connectivity index (χ3v) is 4.46. The summed E-state index contributed by atoms with van der Waals surface area (Å²) in [6.07, 6.45) is 4.83. The molecule has 1 aliphatic rings. The van der Waals surface area contributed by atoms with E-state index < -0.39 is 5.91 Å². The zero-order chi connectivity index (χ0) is 17.4. The summed E-state index contributed by atoms with van der Waals surface area (Å²) in [5.74, 6) is -1.04. The zero-order valence-corrected chi connectivity index (χ0v) is 13.5. The lowest BCUT2D eigenvalue weighted by Crippen LogP contribution is -2.12. The number of pyridine rings is 1. The first-order valence-corrected chi connectivity index (χ1v) is 8.15. The number of rotatable bonds is 2. The number of amides is 1. The number of benzene rings is 1. The number of hydrogen-bond donors (Lipinski definition) is 5. The molecule has 128 valence electrons. The summed E-state index contributed by atoms with van der Waals surface area (Å²) in [5, 5.41) is 27.6. The quantitative estimate of drug-likeness (QED) is 0.492. The molecule has 0 bridgehead atoms. The predicted molar refractivity (Wildman–Crippen MR) is 93.8 cm³/mol. The van der Waals surface area contributed by atoms with Gasteiger partial charge < -0.3 is 25.8 Å². The Labute approximate surface area is 143 Å². The van der Waals surface area contributed by atoms with Crippen LogP contribution in [0.2, 0.25) is 0 Å². The maximum Gasteiger partial charge on any atom is 0.263 e. The number of nitrogens with zero attached hydrogens (tertiary/aromatic N) is 1. The summed E-state index contributed by atoms with van der Waals surface area (Å²) in [4.78, 5) is 19.7. The van der Waals surface area contributed by atoms with Crippen LogP contribution >= 0.6 is 0 Å². The molecule has 25 heavy (non-hydrogen) atoms. The van der Waals surface area contributed by atoms with Crippen molar-refractivity contribution in [3.63, 3.8) is 0 Å². The Morgan fingerprint density at radius 3 is 3.00 bits per heavy atom. The van der Waals surface area contributed by atoms with Gasteiger partial charge in [0.05, 0.1) is 17.4 Å². The lowest BCUT2D eigenvalue weighted by atomic mass is 10.0. The van der Waals surface area contributed by atoms with Crippen molar-refractivity contribution in [2.75, 3.05) is 11.9 Å². The largest absolute Gasteiger partial charge is 0.507 e. The van der Waals surface area contributed by atoms with Crippen molar-refractivity contribution in [1.82, 2.24) is 15.3 Å². The molecule has 0 saturated carbocycles. The Kier molecular flexibility index (Phi) is 3.77. The molecule has 7 nitrogen and oxygen atoms in total. The van der Waals surface area contributed by atoms with Crippen molar-refractivity contribution in [1.29, 1.82) is 0 Å². The van der Waals surface area contributed by atoms with E-state index in [1.807, 2.05) is 0 Å². The monoisotopic (exact) mass is 338 g/mol. The minimum Gasteiger partial charge on any atom is -0.507 e. The SMILES string of the molecule is O=C(Nc1cccnc1)c1c(O)cc2[nH]c3c(c2c1O)CCCNC3. The number of nitrogens with one attached hydrogen (secondary N) is 3. The minimum absolute atomic E-state index is 0.129. The number of fused-ring (bicyclic) bond motifs is 3. The van der Waals surface area contributed by atoms with Gasteiger partial charge in [-0.25, -0.2) is 0 Å². The van der Waals surface area contributed by atoms with E-state index in [9.17, 15) is 15.0 Å². The molecule has 4 rings (SSSR count). The molecule has 0 unspecified atom stereocenters. The topological polar surface area (TPSA) is 110 Å². The maximum absolute atomic E-state index is 12.6. The molecule has 2 aromatic heterocycles. The first-order chi connectivity index (χ1) is 12.1. The van der Waals surface area contributed by atoms with E-state index >= 15 is 0 Å². The molecule has 3 aromatic rings. The number of anilines is 1. The van der Waals surface area contributed by atoms with Gasteiger partial charge in [-0.2, -0.15) is 0 Å². The van der Waals surface area contributed by atoms with Crippen molar-refractivity contribution < 1.29 is 15.0 Å². The third kappa shape index (κ3) is 2.68. The molecular weight excluding hydrogens is 320 g/mol. The fraction of sp³-hybridized carbons (Fsp3) is 0.222. The number of hydrogen-bond acceptors (Lipinski definition) is 5. The Morgan fingerprint density at radius 1 is 1.32 bits per heavy atom. The number of aromatic amines is 1. The van der Waals surface area contributed by atoms with Crippen molar-refractivity contribution in [2.45, 2.75) is 19.4 Å². The average molecular weight is 338 g/mol. The van der Waals surface area contributed by atoms with Crippen molar-refractivity contribution in [2.24, 2.45) is 0 Å². The molecule has 7 heteroatoms. The van der Waals surface area contributed by atoms with E-state index in [0.717, 1.165) is 30.6 Å². The highest BCUT2D eigenvalue weighted by atomic mass is 16.3. The van der Waals surface area contributed by atoms with E-state index in [4.69, 9.17) is 0 Å². The van der Waals surface area contributed by atoms with Crippen molar-refractivity contribution >= 4 is 22.5 Å².